The summed E-state index contributed by atoms with van der Waals surface area (Å²) in [6.07, 6.45) is 0. The molecule has 0 aliphatic heterocycles. The van der Waals surface area contributed by atoms with Crippen LogP contribution in [0.25, 0.3) is 22.2 Å². The van der Waals surface area contributed by atoms with Crippen LogP contribution in [0.2, 0.25) is 5.02 Å². The summed E-state index contributed by atoms with van der Waals surface area (Å²) in [5.41, 5.74) is 3.76. The van der Waals surface area contributed by atoms with E-state index in [0.717, 1.165) is 11.1 Å². The van der Waals surface area contributed by atoms with Crippen LogP contribution in [0.3, 0.4) is 0 Å². The van der Waals surface area contributed by atoms with Crippen molar-refractivity contribution in [3.63, 3.8) is 0 Å². The lowest BCUT2D eigenvalue weighted by molar-refractivity contribution is 0.101. The number of aryl methyl sites for hydroxylation is 2. The van der Waals surface area contributed by atoms with Crippen LogP contribution in [0.4, 0.5) is 5.69 Å². The van der Waals surface area contributed by atoms with Gasteiger partial charge >= 0.3 is 0 Å². The molecule has 0 saturated heterocycles. The first-order chi connectivity index (χ1) is 17.8. The minimum absolute atomic E-state index is 0.0393. The highest BCUT2D eigenvalue weighted by atomic mass is 35.5. The Labute approximate surface area is 216 Å². The number of hydrogen-bond donors (Lipinski definition) is 3. The Morgan fingerprint density at radius 1 is 1.08 bits per heavy atom. The average Bonchev–Trinajstić information content (AvgIpc) is 3.48. The molecule has 0 unspecified atom stereocenters. The van der Waals surface area contributed by atoms with E-state index in [-0.39, 0.29) is 33.5 Å². The highest BCUT2D eigenvalue weighted by Gasteiger charge is 2.25. The molecule has 37 heavy (non-hydrogen) atoms. The van der Waals surface area contributed by atoms with E-state index in [1.807, 2.05) is 19.9 Å². The molecule has 0 radical (unpaired) electrons. The number of aromatic amines is 1. The van der Waals surface area contributed by atoms with Crippen LogP contribution >= 0.6 is 11.6 Å². The summed E-state index contributed by atoms with van der Waals surface area (Å²) in [4.78, 5) is 26.6. The molecule has 0 aliphatic rings. The van der Waals surface area contributed by atoms with Crippen LogP contribution < -0.4 is 10.1 Å². The Hall–Kier alpha value is -4.56. The van der Waals surface area contributed by atoms with Gasteiger partial charge < -0.3 is 19.6 Å². The van der Waals surface area contributed by atoms with Crippen LogP contribution in [0.5, 0.6) is 11.5 Å². The quantitative estimate of drug-likeness (QED) is 0.229. The molecule has 5 rings (SSSR count). The normalized spacial score (nSPS) is 11.0. The molecule has 0 fully saturated rings. The molecule has 1 amide bonds. The van der Waals surface area contributed by atoms with E-state index in [4.69, 9.17) is 20.8 Å². The molecule has 2 aromatic heterocycles. The van der Waals surface area contributed by atoms with E-state index in [2.05, 4.69) is 15.5 Å². The maximum absolute atomic E-state index is 13.4. The highest BCUT2D eigenvalue weighted by Crippen LogP contribution is 2.35. The van der Waals surface area contributed by atoms with Crippen molar-refractivity contribution < 1.29 is 23.8 Å². The van der Waals surface area contributed by atoms with E-state index >= 15 is 0 Å². The molecule has 5 aromatic rings. The number of para-hydroxylation sites is 1. The number of carbonyl (C=O) groups excluding carboxylic acids is 2. The van der Waals surface area contributed by atoms with E-state index in [0.29, 0.717) is 28.0 Å². The summed E-state index contributed by atoms with van der Waals surface area (Å²) in [6, 6.07) is 16.8. The van der Waals surface area contributed by atoms with Crippen molar-refractivity contribution in [3.05, 3.63) is 93.8 Å². The first-order valence-electron chi connectivity index (χ1n) is 11.3. The van der Waals surface area contributed by atoms with Gasteiger partial charge in [0.1, 0.15) is 22.8 Å². The predicted octanol–water partition coefficient (Wildman–Crippen LogP) is 6.29. The number of nitrogens with zero attached hydrogens (tertiary/aromatic N) is 1. The number of benzene rings is 3. The van der Waals surface area contributed by atoms with Crippen molar-refractivity contribution in [2.24, 2.45) is 0 Å². The molecule has 186 valence electrons. The topological polar surface area (TPSA) is 117 Å². The molecule has 0 atom stereocenters. The minimum Gasteiger partial charge on any atom is -0.507 e. The minimum atomic E-state index is -0.531. The van der Waals surface area contributed by atoms with Crippen molar-refractivity contribution >= 4 is 39.9 Å². The van der Waals surface area contributed by atoms with Crippen LogP contribution in [-0.2, 0) is 0 Å². The monoisotopic (exact) mass is 515 g/mol. The lowest BCUT2D eigenvalue weighted by Crippen LogP contribution is -2.14. The zero-order valence-corrected chi connectivity index (χ0v) is 20.9. The number of furan rings is 1. The Morgan fingerprint density at radius 3 is 2.59 bits per heavy atom. The Kier molecular flexibility index (Phi) is 6.19. The number of nitrogens with one attached hydrogen (secondary N) is 2. The third-order valence-corrected chi connectivity index (χ3v) is 6.29. The highest BCUT2D eigenvalue weighted by molar-refractivity contribution is 6.32. The van der Waals surface area contributed by atoms with Crippen LogP contribution in [0.1, 0.15) is 37.7 Å². The summed E-state index contributed by atoms with van der Waals surface area (Å²) in [7, 11) is 1.48. The zero-order chi connectivity index (χ0) is 26.3. The van der Waals surface area contributed by atoms with Gasteiger partial charge in [0.25, 0.3) is 5.91 Å². The Balaban J connectivity index is 1.51. The standard InChI is InChI=1S/C28H22ClN3O5/c1-14-10-15(2)24(21(33)11-14)19-13-20(32-31-19)28(35)30-25-17-6-4-5-7-22(17)37-27(25)26(34)16-8-9-23(36-3)18(29)12-16/h4-13,33H,1-3H3,(H,30,35)(H,31,32). The number of methoxy groups -OCH3 is 1. The number of aromatic hydroxyl groups is 1. The molecule has 0 saturated carbocycles. The van der Waals surface area contributed by atoms with Gasteiger partial charge in [0.15, 0.2) is 5.76 Å². The van der Waals surface area contributed by atoms with Gasteiger partial charge in [-0.3, -0.25) is 14.7 Å². The van der Waals surface area contributed by atoms with Gasteiger partial charge in [-0.15, -0.1) is 0 Å². The van der Waals surface area contributed by atoms with Gasteiger partial charge in [-0.2, -0.15) is 5.10 Å². The second-order valence-corrected chi connectivity index (χ2v) is 8.98. The average molecular weight is 516 g/mol. The molecule has 3 aromatic carbocycles. The molecule has 0 aliphatic carbocycles. The van der Waals surface area contributed by atoms with Gasteiger partial charge in [0.05, 0.1) is 23.5 Å². The van der Waals surface area contributed by atoms with Crippen molar-refractivity contribution in [3.8, 4) is 22.8 Å². The Morgan fingerprint density at radius 2 is 1.86 bits per heavy atom. The number of aromatic nitrogens is 2. The molecule has 0 spiro atoms. The molecule has 3 N–H and O–H groups in total. The number of fused-ring (bicyclic) bond motifs is 1. The largest absolute Gasteiger partial charge is 0.507 e. The number of H-pyrrole nitrogens is 1. The SMILES string of the molecule is COc1ccc(C(=O)c2oc3ccccc3c2NC(=O)c2cc(-c3c(C)cc(C)cc3O)n[nH]2)cc1Cl. The number of ketones is 1. The first-order valence-corrected chi connectivity index (χ1v) is 11.7. The summed E-state index contributed by atoms with van der Waals surface area (Å²) in [6.45, 7) is 3.74. The lowest BCUT2D eigenvalue weighted by atomic mass is 10.0. The van der Waals surface area contributed by atoms with E-state index in [1.54, 1.807) is 48.5 Å². The van der Waals surface area contributed by atoms with Gasteiger partial charge in [-0.25, -0.2) is 0 Å². The van der Waals surface area contributed by atoms with Crippen molar-refractivity contribution in [1.29, 1.82) is 0 Å². The maximum Gasteiger partial charge on any atom is 0.273 e. The van der Waals surface area contributed by atoms with Crippen LogP contribution in [0, 0.1) is 13.8 Å². The second kappa shape index (κ2) is 9.48. The van der Waals surface area contributed by atoms with Crippen molar-refractivity contribution in [2.45, 2.75) is 13.8 Å². The number of halogens is 1. The number of amides is 1. The molecule has 9 heteroatoms. The number of phenolic OH excluding ortho intramolecular Hbond substituents is 1. The third-order valence-electron chi connectivity index (χ3n) is 5.99. The maximum atomic E-state index is 13.4. The van der Waals surface area contributed by atoms with Gasteiger partial charge in [-0.05, 0) is 67.4 Å². The molecule has 0 bridgehead atoms. The van der Waals surface area contributed by atoms with Crippen molar-refractivity contribution in [1.82, 2.24) is 10.2 Å². The number of carbonyl (C=O) groups is 2. The molecule has 2 heterocycles. The number of phenols is 1. The smallest absolute Gasteiger partial charge is 0.273 e. The van der Waals surface area contributed by atoms with E-state index in [1.165, 1.54) is 13.2 Å². The summed E-state index contributed by atoms with van der Waals surface area (Å²) in [5.74, 6) is -0.524. The fourth-order valence-electron chi connectivity index (χ4n) is 4.29. The third kappa shape index (κ3) is 4.43. The van der Waals surface area contributed by atoms with Crippen LogP contribution in [-0.4, -0.2) is 34.1 Å². The van der Waals surface area contributed by atoms with E-state index < -0.39 is 11.7 Å². The summed E-state index contributed by atoms with van der Waals surface area (Å²) >= 11 is 6.22. The van der Waals surface area contributed by atoms with Gasteiger partial charge in [-0.1, -0.05) is 29.8 Å². The summed E-state index contributed by atoms with van der Waals surface area (Å²) in [5, 5.41) is 21.0. The zero-order valence-electron chi connectivity index (χ0n) is 20.2. The van der Waals surface area contributed by atoms with Crippen molar-refractivity contribution in [2.75, 3.05) is 12.4 Å². The fourth-order valence-corrected chi connectivity index (χ4v) is 4.55. The van der Waals surface area contributed by atoms with Gasteiger partial charge in [0, 0.05) is 16.5 Å². The predicted molar refractivity (Wildman–Crippen MR) is 141 cm³/mol. The molecule has 8 nitrogen and oxygen atoms in total. The number of ether oxygens (including phenoxy) is 1. The number of anilines is 1. The first kappa shape index (κ1) is 24.1. The number of hydrogen-bond acceptors (Lipinski definition) is 6. The lowest BCUT2D eigenvalue weighted by Gasteiger charge is -2.07. The van der Waals surface area contributed by atoms with Gasteiger partial charge in [0.2, 0.25) is 5.78 Å². The van der Waals surface area contributed by atoms with E-state index in [9.17, 15) is 14.7 Å². The number of rotatable bonds is 6. The molecular formula is C28H22ClN3O5. The van der Waals surface area contributed by atoms with Crippen LogP contribution in [0.15, 0.2) is 65.1 Å². The fraction of sp³-hybridized carbons (Fsp3) is 0.107. The Bertz CT molecular complexity index is 1660. The summed E-state index contributed by atoms with van der Waals surface area (Å²) < 4.78 is 11.0. The second-order valence-electron chi connectivity index (χ2n) is 8.58. The molecular weight excluding hydrogens is 494 g/mol.